The molecule has 0 fully saturated rings. The van der Waals surface area contributed by atoms with E-state index >= 15 is 0 Å². The van der Waals surface area contributed by atoms with Crippen molar-refractivity contribution in [1.29, 1.82) is 0 Å². The van der Waals surface area contributed by atoms with Crippen molar-refractivity contribution < 1.29 is 29.4 Å². The smallest absolute Gasteiger partial charge is 0.291 e. The molecule has 0 saturated heterocycles. The molecule has 1 unspecified atom stereocenters. The van der Waals surface area contributed by atoms with E-state index in [-0.39, 0.29) is 18.4 Å². The summed E-state index contributed by atoms with van der Waals surface area (Å²) in [4.78, 5) is 44.9. The third-order valence-corrected chi connectivity index (χ3v) is 3.17. The number of hydrogen-bond acceptors (Lipinski definition) is 6. The Balaban J connectivity index is 3.72. The van der Waals surface area contributed by atoms with Crippen molar-refractivity contribution in [1.82, 2.24) is 10.6 Å². The Morgan fingerprint density at radius 3 is 2.00 bits per heavy atom. The molecule has 0 rings (SSSR count). The van der Waals surface area contributed by atoms with E-state index in [9.17, 15) is 24.3 Å². The number of carbonyl (C=O) groups is 4. The van der Waals surface area contributed by atoms with Gasteiger partial charge >= 0.3 is 0 Å². The number of aliphatic hydroxyl groups excluding tert-OH is 2. The Kier molecular flexibility index (Phi) is 10.8. The molecule has 2 atom stereocenters. The Labute approximate surface area is 135 Å². The van der Waals surface area contributed by atoms with Gasteiger partial charge in [-0.1, -0.05) is 12.8 Å². The number of aliphatic hydroxyl groups is 2. The van der Waals surface area contributed by atoms with Crippen LogP contribution in [0.4, 0.5) is 0 Å². The lowest BCUT2D eigenvalue weighted by molar-refractivity contribution is -0.146. The zero-order chi connectivity index (χ0) is 17.8. The van der Waals surface area contributed by atoms with Gasteiger partial charge in [0, 0.05) is 12.8 Å². The van der Waals surface area contributed by atoms with Crippen LogP contribution in [-0.2, 0) is 19.2 Å². The van der Waals surface area contributed by atoms with Crippen LogP contribution in [0.25, 0.3) is 0 Å². The highest BCUT2D eigenvalue weighted by atomic mass is 16.3. The first-order valence-electron chi connectivity index (χ1n) is 7.70. The Morgan fingerprint density at radius 1 is 0.913 bits per heavy atom. The minimum absolute atomic E-state index is 0.161. The fourth-order valence-corrected chi connectivity index (χ4v) is 1.77. The number of unbranched alkanes of at least 4 members (excludes halogenated alkanes) is 3. The first-order chi connectivity index (χ1) is 10.8. The summed E-state index contributed by atoms with van der Waals surface area (Å²) in [5.74, 6) is -2.32. The Bertz CT molecular complexity index is 422. The summed E-state index contributed by atoms with van der Waals surface area (Å²) < 4.78 is 0. The number of carbonyl (C=O) groups excluding carboxylic acids is 4. The third kappa shape index (κ3) is 10.5. The fraction of sp³-hybridized carbons (Fsp3) is 0.733. The van der Waals surface area contributed by atoms with E-state index in [1.165, 1.54) is 6.92 Å². The fourth-order valence-electron chi connectivity index (χ4n) is 1.77. The van der Waals surface area contributed by atoms with Crippen LogP contribution < -0.4 is 10.6 Å². The number of hydrogen-bond donors (Lipinski definition) is 4. The maximum Gasteiger partial charge on any atom is 0.291 e. The molecule has 0 spiro atoms. The number of ketones is 2. The van der Waals surface area contributed by atoms with Gasteiger partial charge in [-0.25, -0.2) is 0 Å². The van der Waals surface area contributed by atoms with Crippen LogP contribution in [0.1, 0.15) is 52.4 Å². The summed E-state index contributed by atoms with van der Waals surface area (Å²) in [6, 6.07) is 0. The van der Waals surface area contributed by atoms with Gasteiger partial charge in [0.2, 0.25) is 5.91 Å². The van der Waals surface area contributed by atoms with E-state index in [1.54, 1.807) is 6.92 Å². The molecule has 4 N–H and O–H groups in total. The van der Waals surface area contributed by atoms with Gasteiger partial charge in [0.1, 0.15) is 11.9 Å². The Morgan fingerprint density at radius 2 is 1.48 bits per heavy atom. The Hall–Kier alpha value is -1.80. The van der Waals surface area contributed by atoms with E-state index in [2.05, 4.69) is 10.6 Å². The predicted molar refractivity (Wildman–Crippen MR) is 82.2 cm³/mol. The van der Waals surface area contributed by atoms with E-state index < -0.39 is 23.9 Å². The molecule has 8 nitrogen and oxygen atoms in total. The van der Waals surface area contributed by atoms with Crippen molar-refractivity contribution in [3.63, 3.8) is 0 Å². The minimum atomic E-state index is -1.78. The van der Waals surface area contributed by atoms with Crippen LogP contribution in [0.3, 0.4) is 0 Å². The summed E-state index contributed by atoms with van der Waals surface area (Å²) in [5.41, 5.74) is 0. The van der Waals surface area contributed by atoms with Gasteiger partial charge in [-0.2, -0.15) is 0 Å². The van der Waals surface area contributed by atoms with Gasteiger partial charge < -0.3 is 25.6 Å². The number of nitrogens with one attached hydrogen (secondary N) is 2. The lowest BCUT2D eigenvalue weighted by atomic mass is 10.1. The van der Waals surface area contributed by atoms with Crippen molar-refractivity contribution in [2.75, 3.05) is 6.67 Å². The first kappa shape index (κ1) is 21.2. The maximum atomic E-state index is 11.5. The average molecular weight is 330 g/mol. The highest BCUT2D eigenvalue weighted by molar-refractivity contribution is 6.37. The van der Waals surface area contributed by atoms with Crippen LogP contribution in [0.15, 0.2) is 0 Å². The molecule has 0 radical (unpaired) electrons. The SMILES string of the molecule is CC(=O)CCCCCCC(=O)NCNC(=O)C(=O)[C@@H](O)C(C)O. The summed E-state index contributed by atoms with van der Waals surface area (Å²) in [6.07, 6.45) is 0.955. The van der Waals surface area contributed by atoms with Gasteiger partial charge in [0.25, 0.3) is 11.7 Å². The zero-order valence-corrected chi connectivity index (χ0v) is 13.6. The molecule has 0 aromatic rings. The van der Waals surface area contributed by atoms with E-state index in [0.29, 0.717) is 19.3 Å². The first-order valence-corrected chi connectivity index (χ1v) is 7.70. The molecule has 0 aliphatic heterocycles. The molecule has 0 saturated carbocycles. The van der Waals surface area contributed by atoms with Gasteiger partial charge in [-0.3, -0.25) is 14.4 Å². The number of rotatable bonds is 12. The van der Waals surface area contributed by atoms with Gasteiger partial charge in [-0.05, 0) is 26.7 Å². The highest BCUT2D eigenvalue weighted by Gasteiger charge is 2.26. The minimum Gasteiger partial charge on any atom is -0.390 e. The van der Waals surface area contributed by atoms with Crippen molar-refractivity contribution in [3.05, 3.63) is 0 Å². The highest BCUT2D eigenvalue weighted by Crippen LogP contribution is 2.05. The summed E-state index contributed by atoms with van der Waals surface area (Å²) in [6.45, 7) is 2.51. The van der Waals surface area contributed by atoms with Gasteiger partial charge in [-0.15, -0.1) is 0 Å². The normalized spacial score (nSPS) is 13.0. The molecular formula is C15H26N2O6. The van der Waals surface area contributed by atoms with Crippen LogP contribution in [0.2, 0.25) is 0 Å². The number of Topliss-reactive ketones (excluding diaryl/α,β-unsaturated/α-hetero) is 2. The average Bonchev–Trinajstić information content (AvgIpc) is 2.48. The number of amides is 2. The van der Waals surface area contributed by atoms with Gasteiger partial charge in [0.15, 0.2) is 0 Å². The lowest BCUT2D eigenvalue weighted by Gasteiger charge is -2.12. The zero-order valence-electron chi connectivity index (χ0n) is 13.6. The molecule has 23 heavy (non-hydrogen) atoms. The standard InChI is InChI=1S/C15H26N2O6/c1-10(18)7-5-3-4-6-8-12(20)16-9-17-15(23)14(22)13(21)11(2)19/h11,13,19,21H,3-9H2,1-2H3,(H,16,20)(H,17,23)/t11?,13-/m0/s1. The molecule has 0 aliphatic rings. The monoisotopic (exact) mass is 330 g/mol. The van der Waals surface area contributed by atoms with E-state index in [0.717, 1.165) is 19.3 Å². The second-order valence-electron chi connectivity index (χ2n) is 5.45. The second kappa shape index (κ2) is 11.7. The summed E-state index contributed by atoms with van der Waals surface area (Å²) >= 11 is 0. The van der Waals surface area contributed by atoms with Crippen molar-refractivity contribution >= 4 is 23.4 Å². The molecule has 0 aliphatic carbocycles. The van der Waals surface area contributed by atoms with Crippen LogP contribution >= 0.6 is 0 Å². The third-order valence-electron chi connectivity index (χ3n) is 3.17. The quantitative estimate of drug-likeness (QED) is 0.215. The largest absolute Gasteiger partial charge is 0.390 e. The molecule has 0 heterocycles. The lowest BCUT2D eigenvalue weighted by Crippen LogP contribution is -2.46. The van der Waals surface area contributed by atoms with Crippen LogP contribution in [0, 0.1) is 0 Å². The summed E-state index contributed by atoms with van der Waals surface area (Å²) in [7, 11) is 0. The molecule has 0 aromatic heterocycles. The van der Waals surface area contributed by atoms with E-state index in [4.69, 9.17) is 5.11 Å². The molecule has 0 aromatic carbocycles. The topological polar surface area (TPSA) is 133 Å². The maximum absolute atomic E-state index is 11.5. The molecule has 0 bridgehead atoms. The van der Waals surface area contributed by atoms with E-state index in [1.807, 2.05) is 0 Å². The van der Waals surface area contributed by atoms with Crippen molar-refractivity contribution in [3.8, 4) is 0 Å². The summed E-state index contributed by atoms with van der Waals surface area (Å²) in [5, 5.41) is 22.8. The molecular weight excluding hydrogens is 304 g/mol. The van der Waals surface area contributed by atoms with Crippen molar-refractivity contribution in [2.24, 2.45) is 0 Å². The van der Waals surface area contributed by atoms with Crippen LogP contribution in [-0.4, -0.2) is 52.5 Å². The van der Waals surface area contributed by atoms with Crippen LogP contribution in [0.5, 0.6) is 0 Å². The van der Waals surface area contributed by atoms with Gasteiger partial charge in [0.05, 0.1) is 12.8 Å². The second-order valence-corrected chi connectivity index (χ2v) is 5.45. The molecule has 132 valence electrons. The molecule has 8 heteroatoms. The molecule has 2 amide bonds. The van der Waals surface area contributed by atoms with Crippen molar-refractivity contribution in [2.45, 2.75) is 64.6 Å². The predicted octanol–water partition coefficient (Wildman–Crippen LogP) is -0.583.